The zero-order chi connectivity index (χ0) is 20.5. The Morgan fingerprint density at radius 2 is 1.86 bits per heavy atom. The highest BCUT2D eigenvalue weighted by molar-refractivity contribution is 7.90. The third-order valence-electron chi connectivity index (χ3n) is 4.60. The summed E-state index contributed by atoms with van der Waals surface area (Å²) >= 11 is 0. The first kappa shape index (κ1) is 20.1. The van der Waals surface area contributed by atoms with Crippen molar-refractivity contribution in [2.24, 2.45) is 10.9 Å². The lowest BCUT2D eigenvalue weighted by Gasteiger charge is -2.17. The van der Waals surface area contributed by atoms with Gasteiger partial charge >= 0.3 is 0 Å². The Balaban J connectivity index is 1.94. The number of hydrogen-bond acceptors (Lipinski definition) is 4. The fraction of sp³-hybridized carbons (Fsp3) is 0.333. The molecule has 1 heterocycles. The van der Waals surface area contributed by atoms with Crippen LogP contribution in [0.1, 0.15) is 37.0 Å². The molecule has 0 aliphatic carbocycles. The molecule has 1 aliphatic rings. The van der Waals surface area contributed by atoms with Crippen molar-refractivity contribution in [2.75, 3.05) is 5.32 Å². The first-order valence-corrected chi connectivity index (χ1v) is 10.7. The largest absolute Gasteiger partial charge is 0.324 e. The first-order chi connectivity index (χ1) is 13.2. The maximum absolute atomic E-state index is 13.0. The molecule has 28 heavy (non-hydrogen) atoms. The normalized spacial score (nSPS) is 17.2. The zero-order valence-electron chi connectivity index (χ0n) is 16.5. The van der Waals surface area contributed by atoms with E-state index in [4.69, 9.17) is 0 Å². The number of nitrogens with zero attached hydrogens (tertiary/aromatic N) is 1. The molecular formula is C21H25N3O3S. The second-order valence-corrected chi connectivity index (χ2v) is 9.18. The summed E-state index contributed by atoms with van der Waals surface area (Å²) in [5.41, 5.74) is 3.24. The summed E-state index contributed by atoms with van der Waals surface area (Å²) in [5, 5.41) is 2.95. The van der Waals surface area contributed by atoms with Crippen molar-refractivity contribution in [3.8, 4) is 0 Å². The number of sulfonamides is 1. The Bertz CT molecular complexity index is 1040. The number of rotatable bonds is 5. The fourth-order valence-corrected chi connectivity index (χ4v) is 4.38. The van der Waals surface area contributed by atoms with E-state index in [-0.39, 0.29) is 22.6 Å². The molecule has 0 aromatic heterocycles. The van der Waals surface area contributed by atoms with Crippen LogP contribution >= 0.6 is 0 Å². The van der Waals surface area contributed by atoms with E-state index < -0.39 is 16.1 Å². The molecule has 0 saturated carbocycles. The van der Waals surface area contributed by atoms with E-state index in [0.717, 1.165) is 16.8 Å². The quantitative estimate of drug-likeness (QED) is 0.808. The third-order valence-corrected chi connectivity index (χ3v) is 5.99. The number of anilines is 1. The van der Waals surface area contributed by atoms with Gasteiger partial charge in [0.2, 0.25) is 5.91 Å². The van der Waals surface area contributed by atoms with Crippen molar-refractivity contribution >= 4 is 27.5 Å². The number of benzene rings is 2. The minimum absolute atomic E-state index is 0.187. The Morgan fingerprint density at radius 1 is 1.14 bits per heavy atom. The summed E-state index contributed by atoms with van der Waals surface area (Å²) in [6, 6.07) is 11.8. The molecule has 3 rings (SSSR count). The van der Waals surface area contributed by atoms with Gasteiger partial charge in [0.25, 0.3) is 10.0 Å². The van der Waals surface area contributed by atoms with Gasteiger partial charge in [0.05, 0.1) is 4.90 Å². The molecule has 0 spiro atoms. The van der Waals surface area contributed by atoms with Gasteiger partial charge in [-0.1, -0.05) is 38.1 Å². The monoisotopic (exact) mass is 399 g/mol. The second kappa shape index (κ2) is 7.75. The standard InChI is InChI=1S/C21H25N3O3S/c1-13(2)11-18(21(25)23-17-12-14(3)9-10-15(17)4)22-20-16-7-5-6-8-19(16)28(26,27)24-20/h5-10,12-13,18H,11H2,1-4H3,(H,22,24)(H,23,25). The molecule has 1 unspecified atom stereocenters. The van der Waals surface area contributed by atoms with E-state index in [1.54, 1.807) is 18.2 Å². The average molecular weight is 400 g/mol. The van der Waals surface area contributed by atoms with E-state index in [9.17, 15) is 13.2 Å². The van der Waals surface area contributed by atoms with Crippen LogP contribution in [0.25, 0.3) is 0 Å². The van der Waals surface area contributed by atoms with Gasteiger partial charge in [0.15, 0.2) is 0 Å². The van der Waals surface area contributed by atoms with E-state index in [1.165, 1.54) is 6.07 Å². The van der Waals surface area contributed by atoms with Crippen LogP contribution in [0.15, 0.2) is 52.4 Å². The number of carbonyl (C=O) groups is 1. The predicted molar refractivity (Wildman–Crippen MR) is 111 cm³/mol. The van der Waals surface area contributed by atoms with Crippen LogP contribution in [0, 0.1) is 19.8 Å². The van der Waals surface area contributed by atoms with Crippen molar-refractivity contribution in [1.29, 1.82) is 0 Å². The molecule has 1 amide bonds. The molecule has 6 nitrogen and oxygen atoms in total. The smallest absolute Gasteiger partial charge is 0.263 e. The van der Waals surface area contributed by atoms with Gasteiger partial charge in [-0.15, -0.1) is 0 Å². The van der Waals surface area contributed by atoms with Crippen LogP contribution in [-0.2, 0) is 14.8 Å². The van der Waals surface area contributed by atoms with Crippen molar-refractivity contribution in [1.82, 2.24) is 4.72 Å². The summed E-state index contributed by atoms with van der Waals surface area (Å²) in [6.07, 6.45) is 0.504. The molecule has 0 saturated heterocycles. The summed E-state index contributed by atoms with van der Waals surface area (Å²) in [4.78, 5) is 17.7. The Hall–Kier alpha value is -2.67. The van der Waals surface area contributed by atoms with E-state index in [0.29, 0.717) is 12.0 Å². The van der Waals surface area contributed by atoms with Gasteiger partial charge in [-0.25, -0.2) is 8.42 Å². The van der Waals surface area contributed by atoms with Gasteiger partial charge in [-0.3, -0.25) is 14.5 Å². The molecule has 1 aliphatic heterocycles. The van der Waals surface area contributed by atoms with Crippen molar-refractivity contribution < 1.29 is 13.2 Å². The number of hydrogen-bond donors (Lipinski definition) is 2. The average Bonchev–Trinajstić information content (AvgIpc) is 2.88. The van der Waals surface area contributed by atoms with Crippen molar-refractivity contribution in [2.45, 2.75) is 45.1 Å². The topological polar surface area (TPSA) is 87.6 Å². The highest BCUT2D eigenvalue weighted by Crippen LogP contribution is 2.24. The number of aryl methyl sites for hydroxylation is 2. The van der Waals surface area contributed by atoms with Crippen LogP contribution < -0.4 is 10.0 Å². The molecule has 7 heteroatoms. The van der Waals surface area contributed by atoms with Crippen LogP contribution in [0.4, 0.5) is 5.69 Å². The van der Waals surface area contributed by atoms with E-state index >= 15 is 0 Å². The lowest BCUT2D eigenvalue weighted by Crippen LogP contribution is -2.32. The van der Waals surface area contributed by atoms with Gasteiger partial charge in [0, 0.05) is 11.3 Å². The maximum atomic E-state index is 13.0. The van der Waals surface area contributed by atoms with Gasteiger partial charge in [-0.05, 0) is 55.5 Å². The van der Waals surface area contributed by atoms with E-state index in [2.05, 4.69) is 15.0 Å². The molecule has 2 aromatic rings. The van der Waals surface area contributed by atoms with Crippen LogP contribution in [0.2, 0.25) is 0 Å². The van der Waals surface area contributed by atoms with Gasteiger partial charge < -0.3 is 5.32 Å². The van der Waals surface area contributed by atoms with Crippen molar-refractivity contribution in [3.05, 3.63) is 59.2 Å². The maximum Gasteiger partial charge on any atom is 0.263 e. The highest BCUT2D eigenvalue weighted by Gasteiger charge is 2.32. The third kappa shape index (κ3) is 4.25. The van der Waals surface area contributed by atoms with Crippen LogP contribution in [-0.4, -0.2) is 26.2 Å². The van der Waals surface area contributed by atoms with Gasteiger partial charge in [0.1, 0.15) is 11.9 Å². The molecular weight excluding hydrogens is 374 g/mol. The van der Waals surface area contributed by atoms with Crippen LogP contribution in [0.3, 0.4) is 0 Å². The lowest BCUT2D eigenvalue weighted by atomic mass is 10.0. The summed E-state index contributed by atoms with van der Waals surface area (Å²) < 4.78 is 27.1. The molecule has 0 bridgehead atoms. The predicted octanol–water partition coefficient (Wildman–Crippen LogP) is 3.40. The number of nitrogens with one attached hydrogen (secondary N) is 2. The van der Waals surface area contributed by atoms with E-state index in [1.807, 2.05) is 45.9 Å². The highest BCUT2D eigenvalue weighted by atomic mass is 32.2. The van der Waals surface area contributed by atoms with Crippen molar-refractivity contribution in [3.63, 3.8) is 0 Å². The zero-order valence-corrected chi connectivity index (χ0v) is 17.3. The van der Waals surface area contributed by atoms with Crippen LogP contribution in [0.5, 0.6) is 0 Å². The number of fused-ring (bicyclic) bond motifs is 1. The minimum Gasteiger partial charge on any atom is -0.324 e. The first-order valence-electron chi connectivity index (χ1n) is 9.25. The number of aliphatic imine (C=N–C) groups is 1. The molecule has 2 aromatic carbocycles. The molecule has 0 fully saturated rings. The summed E-state index contributed by atoms with van der Waals surface area (Å²) in [6.45, 7) is 7.90. The van der Waals surface area contributed by atoms with Gasteiger partial charge in [-0.2, -0.15) is 0 Å². The fourth-order valence-electron chi connectivity index (χ4n) is 3.14. The minimum atomic E-state index is -3.64. The summed E-state index contributed by atoms with van der Waals surface area (Å²) in [7, 11) is -3.64. The number of amidine groups is 1. The SMILES string of the molecule is Cc1ccc(C)c(NC(=O)C(CC(C)C)N=C2NS(=O)(=O)c3ccccc32)c1. The lowest BCUT2D eigenvalue weighted by molar-refractivity contribution is -0.117. The molecule has 2 N–H and O–H groups in total. The number of amides is 1. The second-order valence-electron chi connectivity index (χ2n) is 7.53. The number of carbonyl (C=O) groups excluding carboxylic acids is 1. The Kier molecular flexibility index (Phi) is 5.56. The Morgan fingerprint density at radius 3 is 2.57 bits per heavy atom. The molecule has 1 atom stereocenters. The molecule has 148 valence electrons. The Labute approximate surface area is 166 Å². The molecule has 0 radical (unpaired) electrons. The summed E-state index contributed by atoms with van der Waals surface area (Å²) in [5.74, 6) is 0.183.